The summed E-state index contributed by atoms with van der Waals surface area (Å²) in [5, 5.41) is 10.6. The van der Waals surface area contributed by atoms with E-state index in [0.29, 0.717) is 15.4 Å². The van der Waals surface area contributed by atoms with E-state index in [1.165, 1.54) is 6.20 Å². The van der Waals surface area contributed by atoms with E-state index in [-0.39, 0.29) is 17.4 Å². The van der Waals surface area contributed by atoms with Crippen molar-refractivity contribution in [3.8, 4) is 5.75 Å². The molecular weight excluding hydrogens is 332 g/mol. The topological polar surface area (TPSA) is 55.1 Å². The van der Waals surface area contributed by atoms with E-state index in [1.54, 1.807) is 16.8 Å². The first kappa shape index (κ1) is 13.8. The summed E-state index contributed by atoms with van der Waals surface area (Å²) >= 11 is 3.28. The predicted molar refractivity (Wildman–Crippen MR) is 85.6 cm³/mol. The van der Waals surface area contributed by atoms with Crippen LogP contribution in [-0.4, -0.2) is 14.7 Å². The van der Waals surface area contributed by atoms with Crippen LogP contribution >= 0.6 is 15.9 Å². The minimum absolute atomic E-state index is 0.0576. The van der Waals surface area contributed by atoms with Crippen molar-refractivity contribution < 1.29 is 5.11 Å². The van der Waals surface area contributed by atoms with Crippen LogP contribution in [0.15, 0.2) is 58.1 Å². The molecule has 0 aliphatic carbocycles. The van der Waals surface area contributed by atoms with Crippen molar-refractivity contribution in [1.29, 1.82) is 0 Å². The van der Waals surface area contributed by atoms with Crippen LogP contribution in [0, 0.1) is 0 Å². The van der Waals surface area contributed by atoms with Crippen molar-refractivity contribution in [3.05, 3.63) is 69.2 Å². The maximum Gasteiger partial charge on any atom is 0.265 e. The molecular formula is C16H13BrN2O2. The van der Waals surface area contributed by atoms with Crippen molar-refractivity contribution >= 4 is 26.8 Å². The number of fused-ring (bicyclic) bond motifs is 1. The Kier molecular flexibility index (Phi) is 3.51. The quantitative estimate of drug-likeness (QED) is 0.774. The minimum Gasteiger partial charge on any atom is -0.506 e. The van der Waals surface area contributed by atoms with E-state index in [4.69, 9.17) is 0 Å². The van der Waals surface area contributed by atoms with E-state index in [1.807, 2.05) is 37.3 Å². The molecule has 0 bridgehead atoms. The highest BCUT2D eigenvalue weighted by atomic mass is 79.9. The minimum atomic E-state index is -0.165. The maximum atomic E-state index is 12.5. The zero-order valence-corrected chi connectivity index (χ0v) is 12.9. The van der Waals surface area contributed by atoms with Crippen LogP contribution in [0.4, 0.5) is 0 Å². The lowest BCUT2D eigenvalue weighted by atomic mass is 10.1. The van der Waals surface area contributed by atoms with Gasteiger partial charge in [-0.15, -0.1) is 0 Å². The Balaban J connectivity index is 2.34. The zero-order chi connectivity index (χ0) is 15.0. The van der Waals surface area contributed by atoms with E-state index in [9.17, 15) is 9.90 Å². The molecule has 0 unspecified atom stereocenters. The predicted octanol–water partition coefficient (Wildman–Crippen LogP) is 3.47. The molecule has 3 aromatic rings. The Morgan fingerprint density at radius 1 is 1.24 bits per heavy atom. The molecule has 21 heavy (non-hydrogen) atoms. The lowest BCUT2D eigenvalue weighted by Gasteiger charge is -2.19. The van der Waals surface area contributed by atoms with Crippen LogP contribution in [0.3, 0.4) is 0 Å². The first-order valence-electron chi connectivity index (χ1n) is 6.52. The summed E-state index contributed by atoms with van der Waals surface area (Å²) in [4.78, 5) is 16.5. The Morgan fingerprint density at radius 3 is 2.67 bits per heavy atom. The van der Waals surface area contributed by atoms with Gasteiger partial charge in [-0.05, 0) is 34.5 Å². The van der Waals surface area contributed by atoms with Gasteiger partial charge in [0.05, 0.1) is 28.4 Å². The second-order valence-corrected chi connectivity index (χ2v) is 5.70. The number of rotatable bonds is 2. The lowest BCUT2D eigenvalue weighted by molar-refractivity contribution is 0.478. The van der Waals surface area contributed by atoms with E-state index < -0.39 is 0 Å². The van der Waals surface area contributed by atoms with Crippen LogP contribution in [0.25, 0.3) is 10.9 Å². The third-order valence-corrected chi connectivity index (χ3v) is 4.14. The molecule has 0 aliphatic heterocycles. The van der Waals surface area contributed by atoms with Gasteiger partial charge >= 0.3 is 0 Å². The lowest BCUT2D eigenvalue weighted by Crippen LogP contribution is -2.25. The SMILES string of the molecule is C[C@H](c1ccccc1)n1c(=O)c(Br)cc2c(O)cncc21. The summed E-state index contributed by atoms with van der Waals surface area (Å²) < 4.78 is 2.06. The zero-order valence-electron chi connectivity index (χ0n) is 11.3. The smallest absolute Gasteiger partial charge is 0.265 e. The average molecular weight is 345 g/mol. The summed E-state index contributed by atoms with van der Waals surface area (Å²) in [6.07, 6.45) is 2.97. The fraction of sp³-hybridized carbons (Fsp3) is 0.125. The number of aromatic nitrogens is 2. The summed E-state index contributed by atoms with van der Waals surface area (Å²) in [6, 6.07) is 11.2. The third-order valence-electron chi connectivity index (χ3n) is 3.57. The first-order valence-corrected chi connectivity index (χ1v) is 7.31. The van der Waals surface area contributed by atoms with Crippen molar-refractivity contribution in [2.75, 3.05) is 0 Å². The van der Waals surface area contributed by atoms with Gasteiger partial charge in [-0.25, -0.2) is 0 Å². The first-order chi connectivity index (χ1) is 10.1. The van der Waals surface area contributed by atoms with Crippen molar-refractivity contribution in [2.24, 2.45) is 0 Å². The summed E-state index contributed by atoms with van der Waals surface area (Å²) in [7, 11) is 0. The fourth-order valence-electron chi connectivity index (χ4n) is 2.47. The third kappa shape index (κ3) is 2.34. The summed E-state index contributed by atoms with van der Waals surface area (Å²) in [5.41, 5.74) is 1.48. The summed E-state index contributed by atoms with van der Waals surface area (Å²) in [6.45, 7) is 1.95. The number of pyridine rings is 2. The molecule has 2 aromatic heterocycles. The summed E-state index contributed by atoms with van der Waals surface area (Å²) in [5.74, 6) is 0.0576. The largest absolute Gasteiger partial charge is 0.506 e. The molecule has 1 aromatic carbocycles. The molecule has 106 valence electrons. The van der Waals surface area contributed by atoms with Gasteiger partial charge in [0.25, 0.3) is 5.56 Å². The van der Waals surface area contributed by atoms with Crippen molar-refractivity contribution in [2.45, 2.75) is 13.0 Å². The van der Waals surface area contributed by atoms with Crippen LogP contribution in [0.2, 0.25) is 0 Å². The number of nitrogens with zero attached hydrogens (tertiary/aromatic N) is 2. The number of hydrogen-bond acceptors (Lipinski definition) is 3. The van der Waals surface area contributed by atoms with Gasteiger partial charge in [0.2, 0.25) is 0 Å². The Morgan fingerprint density at radius 2 is 1.95 bits per heavy atom. The molecule has 5 heteroatoms. The van der Waals surface area contributed by atoms with E-state index in [2.05, 4.69) is 20.9 Å². The Bertz CT molecular complexity index is 859. The van der Waals surface area contributed by atoms with Gasteiger partial charge < -0.3 is 5.11 Å². The van der Waals surface area contributed by atoms with Gasteiger partial charge in [0.1, 0.15) is 5.75 Å². The molecule has 1 atom stereocenters. The van der Waals surface area contributed by atoms with Crippen LogP contribution in [0.5, 0.6) is 5.75 Å². The highest BCUT2D eigenvalue weighted by molar-refractivity contribution is 9.10. The molecule has 0 amide bonds. The second kappa shape index (κ2) is 5.33. The number of hydrogen-bond donors (Lipinski definition) is 1. The van der Waals surface area contributed by atoms with Crippen LogP contribution < -0.4 is 5.56 Å². The standard InChI is InChI=1S/C16H13BrN2O2/c1-10(11-5-3-2-4-6-11)19-14-8-18-9-15(20)12(14)7-13(17)16(19)21/h2-10,20H,1H3/t10-/m1/s1. The van der Waals surface area contributed by atoms with E-state index >= 15 is 0 Å². The van der Waals surface area contributed by atoms with Crippen LogP contribution in [0.1, 0.15) is 18.5 Å². The fourth-order valence-corrected chi connectivity index (χ4v) is 2.89. The van der Waals surface area contributed by atoms with Gasteiger partial charge in [0, 0.05) is 5.39 Å². The van der Waals surface area contributed by atoms with Crippen molar-refractivity contribution in [1.82, 2.24) is 9.55 Å². The molecule has 0 saturated heterocycles. The Hall–Kier alpha value is -2.14. The average Bonchev–Trinajstić information content (AvgIpc) is 2.50. The van der Waals surface area contributed by atoms with Gasteiger partial charge in [-0.3, -0.25) is 14.3 Å². The van der Waals surface area contributed by atoms with Gasteiger partial charge in [-0.1, -0.05) is 30.3 Å². The normalized spacial score (nSPS) is 12.5. The Labute approximate surface area is 129 Å². The highest BCUT2D eigenvalue weighted by Gasteiger charge is 2.16. The van der Waals surface area contributed by atoms with Gasteiger partial charge in [0.15, 0.2) is 0 Å². The molecule has 0 fully saturated rings. The van der Waals surface area contributed by atoms with E-state index in [0.717, 1.165) is 5.56 Å². The number of halogens is 1. The second-order valence-electron chi connectivity index (χ2n) is 4.85. The molecule has 0 radical (unpaired) electrons. The monoisotopic (exact) mass is 344 g/mol. The molecule has 1 N–H and O–H groups in total. The molecule has 0 saturated carbocycles. The van der Waals surface area contributed by atoms with Gasteiger partial charge in [-0.2, -0.15) is 0 Å². The number of aromatic hydroxyl groups is 1. The number of benzene rings is 1. The molecule has 2 heterocycles. The van der Waals surface area contributed by atoms with Crippen molar-refractivity contribution in [3.63, 3.8) is 0 Å². The highest BCUT2D eigenvalue weighted by Crippen LogP contribution is 2.28. The molecule has 4 nitrogen and oxygen atoms in total. The molecule has 3 rings (SSSR count). The maximum absolute atomic E-state index is 12.5. The molecule has 0 spiro atoms. The molecule has 0 aliphatic rings. The van der Waals surface area contributed by atoms with Crippen LogP contribution in [-0.2, 0) is 0 Å².